The van der Waals surface area contributed by atoms with Crippen LogP contribution in [-0.2, 0) is 6.61 Å². The number of aryl methyl sites for hydroxylation is 1. The lowest BCUT2D eigenvalue weighted by atomic mass is 10.00. The SMILES string of the molecule is Cc1cc(-c2ccccc2OCc2ccccc2)c(C#N)c(=O)[nH]1. The van der Waals surface area contributed by atoms with Crippen molar-refractivity contribution in [1.82, 2.24) is 4.98 Å². The third-order valence-corrected chi connectivity index (χ3v) is 3.69. The molecule has 0 saturated heterocycles. The fraction of sp³-hybridized carbons (Fsp3) is 0.100. The Bertz CT molecular complexity index is 953. The molecule has 118 valence electrons. The van der Waals surface area contributed by atoms with Crippen molar-refractivity contribution in [2.45, 2.75) is 13.5 Å². The monoisotopic (exact) mass is 316 g/mol. The van der Waals surface area contributed by atoms with Crippen LogP contribution in [-0.4, -0.2) is 4.98 Å². The van der Waals surface area contributed by atoms with Crippen molar-refractivity contribution >= 4 is 0 Å². The van der Waals surface area contributed by atoms with E-state index in [9.17, 15) is 10.1 Å². The molecule has 0 fully saturated rings. The maximum absolute atomic E-state index is 12.0. The second kappa shape index (κ2) is 6.84. The number of para-hydroxylation sites is 1. The Morgan fingerprint density at radius 2 is 1.75 bits per heavy atom. The number of hydrogen-bond acceptors (Lipinski definition) is 3. The second-order valence-corrected chi connectivity index (χ2v) is 5.45. The Labute approximate surface area is 140 Å². The van der Waals surface area contributed by atoms with Crippen LogP contribution in [0.3, 0.4) is 0 Å². The van der Waals surface area contributed by atoms with Gasteiger partial charge < -0.3 is 9.72 Å². The average Bonchev–Trinajstić information content (AvgIpc) is 2.60. The van der Waals surface area contributed by atoms with Crippen molar-refractivity contribution < 1.29 is 4.74 Å². The van der Waals surface area contributed by atoms with Crippen LogP contribution in [0, 0.1) is 18.3 Å². The molecule has 0 aliphatic rings. The molecule has 24 heavy (non-hydrogen) atoms. The lowest BCUT2D eigenvalue weighted by Gasteiger charge is -2.13. The predicted octanol–water partition coefficient (Wildman–Crippen LogP) is 3.80. The normalized spacial score (nSPS) is 10.2. The van der Waals surface area contributed by atoms with Gasteiger partial charge in [0.15, 0.2) is 0 Å². The minimum atomic E-state index is -0.384. The third-order valence-electron chi connectivity index (χ3n) is 3.69. The van der Waals surface area contributed by atoms with Gasteiger partial charge in [0, 0.05) is 16.8 Å². The van der Waals surface area contributed by atoms with Gasteiger partial charge in [-0.25, -0.2) is 0 Å². The zero-order valence-electron chi connectivity index (χ0n) is 13.2. The maximum Gasteiger partial charge on any atom is 0.266 e. The van der Waals surface area contributed by atoms with Crippen molar-refractivity contribution in [3.05, 3.63) is 87.8 Å². The highest BCUT2D eigenvalue weighted by Crippen LogP contribution is 2.31. The first-order valence-electron chi connectivity index (χ1n) is 7.59. The molecule has 0 atom stereocenters. The predicted molar refractivity (Wildman–Crippen MR) is 92.7 cm³/mol. The largest absolute Gasteiger partial charge is 0.488 e. The fourth-order valence-electron chi connectivity index (χ4n) is 2.56. The molecule has 4 heteroatoms. The van der Waals surface area contributed by atoms with Gasteiger partial charge in [-0.15, -0.1) is 0 Å². The second-order valence-electron chi connectivity index (χ2n) is 5.45. The van der Waals surface area contributed by atoms with Gasteiger partial charge in [0.2, 0.25) is 0 Å². The summed E-state index contributed by atoms with van der Waals surface area (Å²) in [5, 5.41) is 9.34. The molecule has 3 aromatic rings. The van der Waals surface area contributed by atoms with E-state index in [0.29, 0.717) is 23.6 Å². The van der Waals surface area contributed by atoms with Gasteiger partial charge in [-0.2, -0.15) is 5.26 Å². The van der Waals surface area contributed by atoms with Crippen molar-refractivity contribution in [3.63, 3.8) is 0 Å². The summed E-state index contributed by atoms with van der Waals surface area (Å²) in [5.74, 6) is 0.642. The van der Waals surface area contributed by atoms with E-state index < -0.39 is 0 Å². The number of hydrogen-bond donors (Lipinski definition) is 1. The molecule has 0 saturated carbocycles. The van der Waals surface area contributed by atoms with Gasteiger partial charge in [0.1, 0.15) is 24.0 Å². The van der Waals surface area contributed by atoms with E-state index >= 15 is 0 Å². The number of aromatic nitrogens is 1. The van der Waals surface area contributed by atoms with Gasteiger partial charge >= 0.3 is 0 Å². The Morgan fingerprint density at radius 1 is 1.04 bits per heavy atom. The zero-order valence-corrected chi connectivity index (χ0v) is 13.2. The van der Waals surface area contributed by atoms with Gasteiger partial charge in [0.25, 0.3) is 5.56 Å². The summed E-state index contributed by atoms with van der Waals surface area (Å²) >= 11 is 0. The number of aromatic amines is 1. The van der Waals surface area contributed by atoms with Crippen molar-refractivity contribution in [2.24, 2.45) is 0 Å². The van der Waals surface area contributed by atoms with Crippen LogP contribution in [0.25, 0.3) is 11.1 Å². The molecule has 4 nitrogen and oxygen atoms in total. The van der Waals surface area contributed by atoms with Crippen molar-refractivity contribution in [2.75, 3.05) is 0 Å². The highest BCUT2D eigenvalue weighted by molar-refractivity contribution is 5.75. The van der Waals surface area contributed by atoms with E-state index in [1.807, 2.05) is 60.7 Å². The highest BCUT2D eigenvalue weighted by Gasteiger charge is 2.14. The average molecular weight is 316 g/mol. The first-order chi connectivity index (χ1) is 11.7. The molecule has 1 N–H and O–H groups in total. The molecule has 0 unspecified atom stereocenters. The highest BCUT2D eigenvalue weighted by atomic mass is 16.5. The molecule has 0 amide bonds. The molecule has 0 radical (unpaired) electrons. The summed E-state index contributed by atoms with van der Waals surface area (Å²) in [6, 6.07) is 21.1. The molecule has 0 bridgehead atoms. The van der Waals surface area contributed by atoms with E-state index in [0.717, 1.165) is 11.1 Å². The molecular weight excluding hydrogens is 300 g/mol. The number of nitrogens with one attached hydrogen (secondary N) is 1. The Kier molecular flexibility index (Phi) is 4.44. The number of benzene rings is 2. The Hall–Kier alpha value is -3.32. The molecule has 1 aromatic heterocycles. The van der Waals surface area contributed by atoms with Gasteiger partial charge in [-0.1, -0.05) is 48.5 Å². The molecule has 2 aromatic carbocycles. The van der Waals surface area contributed by atoms with E-state index in [-0.39, 0.29) is 11.1 Å². The van der Waals surface area contributed by atoms with Gasteiger partial charge in [-0.05, 0) is 24.6 Å². The van der Waals surface area contributed by atoms with Gasteiger partial charge in [-0.3, -0.25) is 4.79 Å². The standard InChI is InChI=1S/C20H16N2O2/c1-14-11-17(18(12-21)20(23)22-14)16-9-5-6-10-19(16)24-13-15-7-3-2-4-8-15/h2-11H,13H2,1H3,(H,22,23). The summed E-state index contributed by atoms with van der Waals surface area (Å²) in [5.41, 5.74) is 2.78. The third kappa shape index (κ3) is 3.21. The topological polar surface area (TPSA) is 65.9 Å². The minimum Gasteiger partial charge on any atom is -0.488 e. The number of H-pyrrole nitrogens is 1. The number of nitriles is 1. The van der Waals surface area contributed by atoms with Crippen molar-refractivity contribution in [3.8, 4) is 22.9 Å². The van der Waals surface area contributed by atoms with Crippen LogP contribution in [0.4, 0.5) is 0 Å². The Morgan fingerprint density at radius 3 is 2.50 bits per heavy atom. The van der Waals surface area contributed by atoms with Crippen LogP contribution in [0.1, 0.15) is 16.8 Å². The Balaban J connectivity index is 2.02. The summed E-state index contributed by atoms with van der Waals surface area (Å²) in [7, 11) is 0. The van der Waals surface area contributed by atoms with E-state index in [1.54, 1.807) is 13.0 Å². The molecular formula is C20H16N2O2. The maximum atomic E-state index is 12.0. The molecule has 1 heterocycles. The smallest absolute Gasteiger partial charge is 0.266 e. The summed E-state index contributed by atoms with van der Waals surface area (Å²) in [6.07, 6.45) is 0. The van der Waals surface area contributed by atoms with Crippen molar-refractivity contribution in [1.29, 1.82) is 5.26 Å². The lowest BCUT2D eigenvalue weighted by molar-refractivity contribution is 0.307. The van der Waals surface area contributed by atoms with E-state index in [1.165, 1.54) is 0 Å². The minimum absolute atomic E-state index is 0.0939. The molecule has 0 aliphatic heterocycles. The quantitative estimate of drug-likeness (QED) is 0.796. The van der Waals surface area contributed by atoms with Crippen LogP contribution in [0.5, 0.6) is 5.75 Å². The molecule has 3 rings (SSSR count). The number of nitrogens with zero attached hydrogens (tertiary/aromatic N) is 1. The number of rotatable bonds is 4. The van der Waals surface area contributed by atoms with Crippen LogP contribution >= 0.6 is 0 Å². The number of pyridine rings is 1. The van der Waals surface area contributed by atoms with E-state index in [4.69, 9.17) is 4.74 Å². The fourth-order valence-corrected chi connectivity index (χ4v) is 2.56. The van der Waals surface area contributed by atoms with Gasteiger partial charge in [0.05, 0.1) is 0 Å². The summed E-state index contributed by atoms with van der Waals surface area (Å²) in [4.78, 5) is 14.7. The zero-order chi connectivity index (χ0) is 16.9. The van der Waals surface area contributed by atoms with Crippen LogP contribution in [0.2, 0.25) is 0 Å². The lowest BCUT2D eigenvalue weighted by Crippen LogP contribution is -2.13. The molecule has 0 spiro atoms. The molecule has 0 aliphatic carbocycles. The van der Waals surface area contributed by atoms with Crippen LogP contribution < -0.4 is 10.3 Å². The number of ether oxygens (including phenoxy) is 1. The van der Waals surface area contributed by atoms with Crippen LogP contribution in [0.15, 0.2) is 65.5 Å². The summed E-state index contributed by atoms with van der Waals surface area (Å²) < 4.78 is 5.94. The first kappa shape index (κ1) is 15.6. The first-order valence-corrected chi connectivity index (χ1v) is 7.59. The summed E-state index contributed by atoms with van der Waals surface area (Å²) in [6.45, 7) is 2.21. The van der Waals surface area contributed by atoms with E-state index in [2.05, 4.69) is 4.98 Å².